The Kier molecular flexibility index (Phi) is 4.33. The largest absolute Gasteiger partial charge is 0.361 e. The number of rotatable bonds is 3. The van der Waals surface area contributed by atoms with Crippen LogP contribution in [-0.4, -0.2) is 57.2 Å². The average Bonchev–Trinajstić information content (AvgIpc) is 3.20. The smallest absolute Gasteiger partial charge is 0.274 e. The Morgan fingerprint density at radius 2 is 1.92 bits per heavy atom. The summed E-state index contributed by atoms with van der Waals surface area (Å²) in [6, 6.07) is 0. The molecule has 1 saturated heterocycles. The van der Waals surface area contributed by atoms with Gasteiger partial charge in [-0.15, -0.1) is 0 Å². The zero-order valence-corrected chi connectivity index (χ0v) is 15.0. The lowest BCUT2D eigenvalue weighted by Gasteiger charge is -2.34. The van der Waals surface area contributed by atoms with Gasteiger partial charge in [-0.05, 0) is 39.5 Å². The van der Waals surface area contributed by atoms with Gasteiger partial charge >= 0.3 is 0 Å². The topological polar surface area (TPSA) is 78.3 Å². The fourth-order valence-electron chi connectivity index (χ4n) is 3.87. The van der Waals surface area contributed by atoms with Gasteiger partial charge in [-0.2, -0.15) is 5.10 Å². The maximum atomic E-state index is 12.9. The molecule has 0 bridgehead atoms. The number of nitrogens with zero attached hydrogens (tertiary/aromatic N) is 4. The SMILES string of the molecule is Cc1noc(C)c1CN1CCN(C(=O)c2n[nH]c3c2CCCC3)CC1. The molecule has 2 aliphatic rings. The van der Waals surface area contributed by atoms with E-state index >= 15 is 0 Å². The van der Waals surface area contributed by atoms with Crippen LogP contribution in [0.5, 0.6) is 0 Å². The minimum Gasteiger partial charge on any atom is -0.361 e. The molecule has 2 aromatic rings. The Morgan fingerprint density at radius 1 is 1.16 bits per heavy atom. The minimum absolute atomic E-state index is 0.0800. The summed E-state index contributed by atoms with van der Waals surface area (Å²) in [6.07, 6.45) is 4.32. The van der Waals surface area contributed by atoms with Gasteiger partial charge in [0.05, 0.1) is 5.69 Å². The summed E-state index contributed by atoms with van der Waals surface area (Å²) in [7, 11) is 0. The Labute approximate surface area is 147 Å². The van der Waals surface area contributed by atoms with Crippen LogP contribution in [0.3, 0.4) is 0 Å². The molecule has 7 nitrogen and oxygen atoms in total. The molecule has 3 heterocycles. The Morgan fingerprint density at radius 3 is 2.64 bits per heavy atom. The number of nitrogens with one attached hydrogen (secondary N) is 1. The van der Waals surface area contributed by atoms with Crippen molar-refractivity contribution in [1.82, 2.24) is 25.2 Å². The molecule has 25 heavy (non-hydrogen) atoms. The molecule has 0 unspecified atom stereocenters. The Balaban J connectivity index is 1.39. The zero-order valence-electron chi connectivity index (χ0n) is 15.0. The number of hydrogen-bond acceptors (Lipinski definition) is 5. The fraction of sp³-hybridized carbons (Fsp3) is 0.611. The van der Waals surface area contributed by atoms with Crippen LogP contribution in [0.1, 0.15) is 51.6 Å². The molecule has 0 spiro atoms. The van der Waals surface area contributed by atoms with Gasteiger partial charge in [0, 0.05) is 49.5 Å². The van der Waals surface area contributed by atoms with E-state index < -0.39 is 0 Å². The molecule has 134 valence electrons. The second-order valence-electron chi connectivity index (χ2n) is 7.11. The van der Waals surface area contributed by atoms with Gasteiger partial charge in [0.25, 0.3) is 5.91 Å². The number of carbonyl (C=O) groups is 1. The second kappa shape index (κ2) is 6.63. The highest BCUT2D eigenvalue weighted by molar-refractivity contribution is 5.94. The molecule has 1 aliphatic heterocycles. The van der Waals surface area contributed by atoms with Gasteiger partial charge in [-0.25, -0.2) is 0 Å². The minimum atomic E-state index is 0.0800. The molecule has 7 heteroatoms. The van der Waals surface area contributed by atoms with Gasteiger partial charge in [0.15, 0.2) is 5.69 Å². The standard InChI is InChI=1S/C18H25N5O2/c1-12-15(13(2)25-21-12)11-22-7-9-23(10-8-22)18(24)17-14-5-3-4-6-16(14)19-20-17/h3-11H2,1-2H3,(H,19,20). The van der Waals surface area contributed by atoms with Gasteiger partial charge in [-0.3, -0.25) is 14.8 Å². The lowest BCUT2D eigenvalue weighted by Crippen LogP contribution is -2.48. The quantitative estimate of drug-likeness (QED) is 0.920. The van der Waals surface area contributed by atoms with Crippen molar-refractivity contribution in [1.29, 1.82) is 0 Å². The number of aromatic nitrogens is 3. The summed E-state index contributed by atoms with van der Waals surface area (Å²) in [6.45, 7) is 7.97. The monoisotopic (exact) mass is 343 g/mol. The number of piperazine rings is 1. The lowest BCUT2D eigenvalue weighted by atomic mass is 9.95. The van der Waals surface area contributed by atoms with Gasteiger partial charge in [0.2, 0.25) is 0 Å². The van der Waals surface area contributed by atoms with Crippen molar-refractivity contribution in [2.45, 2.75) is 46.1 Å². The summed E-state index contributed by atoms with van der Waals surface area (Å²) in [5.74, 6) is 0.968. The molecule has 1 N–H and O–H groups in total. The van der Waals surface area contributed by atoms with E-state index in [-0.39, 0.29) is 5.91 Å². The van der Waals surface area contributed by atoms with Crippen molar-refractivity contribution in [2.75, 3.05) is 26.2 Å². The van der Waals surface area contributed by atoms with Crippen molar-refractivity contribution in [2.24, 2.45) is 0 Å². The molecule has 0 radical (unpaired) electrons. The van der Waals surface area contributed by atoms with Crippen LogP contribution in [0.25, 0.3) is 0 Å². The molecule has 4 rings (SSSR count). The van der Waals surface area contributed by atoms with Crippen LogP contribution < -0.4 is 0 Å². The third-order valence-electron chi connectivity index (χ3n) is 5.48. The van der Waals surface area contributed by atoms with Crippen molar-refractivity contribution in [3.8, 4) is 0 Å². The number of aromatic amines is 1. The van der Waals surface area contributed by atoms with Gasteiger partial charge < -0.3 is 9.42 Å². The Bertz CT molecular complexity index is 751. The maximum Gasteiger partial charge on any atom is 0.274 e. The first kappa shape index (κ1) is 16.3. The molecular formula is C18H25N5O2. The predicted octanol–water partition coefficient (Wildman–Crippen LogP) is 1.85. The third-order valence-corrected chi connectivity index (χ3v) is 5.48. The van der Waals surface area contributed by atoms with Crippen LogP contribution in [0.15, 0.2) is 4.52 Å². The molecular weight excluding hydrogens is 318 g/mol. The van der Waals surface area contributed by atoms with Crippen LogP contribution in [0.2, 0.25) is 0 Å². The van der Waals surface area contributed by atoms with E-state index in [0.29, 0.717) is 5.69 Å². The van der Waals surface area contributed by atoms with E-state index in [9.17, 15) is 4.79 Å². The van der Waals surface area contributed by atoms with E-state index in [1.165, 1.54) is 12.0 Å². The zero-order chi connectivity index (χ0) is 17.4. The molecule has 0 saturated carbocycles. The number of carbonyl (C=O) groups excluding carboxylic acids is 1. The fourth-order valence-corrected chi connectivity index (χ4v) is 3.87. The van der Waals surface area contributed by atoms with Crippen molar-refractivity contribution in [3.63, 3.8) is 0 Å². The molecule has 1 aliphatic carbocycles. The number of aryl methyl sites for hydroxylation is 3. The van der Waals surface area contributed by atoms with Crippen molar-refractivity contribution < 1.29 is 9.32 Å². The summed E-state index contributed by atoms with van der Waals surface area (Å²) in [5.41, 5.74) is 5.08. The van der Waals surface area contributed by atoms with Crippen LogP contribution in [0, 0.1) is 13.8 Å². The average molecular weight is 343 g/mol. The molecule has 2 aromatic heterocycles. The van der Waals surface area contributed by atoms with Crippen LogP contribution in [0.4, 0.5) is 0 Å². The Hall–Kier alpha value is -2.15. The first-order valence-corrected chi connectivity index (χ1v) is 9.13. The predicted molar refractivity (Wildman–Crippen MR) is 92.4 cm³/mol. The second-order valence-corrected chi connectivity index (χ2v) is 7.11. The molecule has 1 amide bonds. The summed E-state index contributed by atoms with van der Waals surface area (Å²) in [4.78, 5) is 17.2. The molecule has 0 atom stereocenters. The van der Waals surface area contributed by atoms with Gasteiger partial charge in [0.1, 0.15) is 5.76 Å². The van der Waals surface area contributed by atoms with Gasteiger partial charge in [-0.1, -0.05) is 5.16 Å². The first-order chi connectivity index (χ1) is 12.1. The highest BCUT2D eigenvalue weighted by Gasteiger charge is 2.28. The molecule has 0 aromatic carbocycles. The first-order valence-electron chi connectivity index (χ1n) is 9.13. The van der Waals surface area contributed by atoms with E-state index in [4.69, 9.17) is 4.52 Å². The van der Waals surface area contributed by atoms with Crippen molar-refractivity contribution in [3.05, 3.63) is 34.0 Å². The molecule has 1 fully saturated rings. The normalized spacial score (nSPS) is 18.4. The van der Waals surface area contributed by atoms with E-state index in [1.807, 2.05) is 18.7 Å². The summed E-state index contributed by atoms with van der Waals surface area (Å²) >= 11 is 0. The summed E-state index contributed by atoms with van der Waals surface area (Å²) in [5, 5.41) is 11.4. The maximum absolute atomic E-state index is 12.9. The lowest BCUT2D eigenvalue weighted by molar-refractivity contribution is 0.0620. The highest BCUT2D eigenvalue weighted by Crippen LogP contribution is 2.24. The third kappa shape index (κ3) is 3.08. The highest BCUT2D eigenvalue weighted by atomic mass is 16.5. The van der Waals surface area contributed by atoms with E-state index in [2.05, 4.69) is 20.3 Å². The van der Waals surface area contributed by atoms with E-state index in [1.54, 1.807) is 0 Å². The van der Waals surface area contributed by atoms with E-state index in [0.717, 1.165) is 74.7 Å². The number of hydrogen-bond donors (Lipinski definition) is 1. The van der Waals surface area contributed by atoms with Crippen LogP contribution in [-0.2, 0) is 19.4 Å². The van der Waals surface area contributed by atoms with Crippen molar-refractivity contribution >= 4 is 5.91 Å². The number of fused-ring (bicyclic) bond motifs is 1. The van der Waals surface area contributed by atoms with Crippen LogP contribution >= 0.6 is 0 Å². The number of H-pyrrole nitrogens is 1. The summed E-state index contributed by atoms with van der Waals surface area (Å²) < 4.78 is 5.25. The number of amides is 1.